The van der Waals surface area contributed by atoms with Gasteiger partial charge in [0, 0.05) is 23.8 Å². The van der Waals surface area contributed by atoms with E-state index in [1.165, 1.54) is 18.9 Å². The fourth-order valence-corrected chi connectivity index (χ4v) is 2.71. The van der Waals surface area contributed by atoms with Crippen molar-refractivity contribution in [1.29, 1.82) is 0 Å². The summed E-state index contributed by atoms with van der Waals surface area (Å²) in [5, 5.41) is 12.9. The van der Waals surface area contributed by atoms with Crippen molar-refractivity contribution >= 4 is 23.3 Å². The predicted molar refractivity (Wildman–Crippen MR) is 77.1 cm³/mol. The highest BCUT2D eigenvalue weighted by Gasteiger charge is 2.18. The van der Waals surface area contributed by atoms with Crippen molar-refractivity contribution in [1.82, 2.24) is 4.90 Å². The number of halogens is 1. The van der Waals surface area contributed by atoms with Crippen LogP contribution in [0.3, 0.4) is 0 Å². The van der Waals surface area contributed by atoms with E-state index in [2.05, 4.69) is 17.3 Å². The predicted octanol–water partition coefficient (Wildman–Crippen LogP) is 2.79. The molecule has 4 nitrogen and oxygen atoms in total. The van der Waals surface area contributed by atoms with Crippen LogP contribution < -0.4 is 5.32 Å². The van der Waals surface area contributed by atoms with Gasteiger partial charge in [-0.2, -0.15) is 0 Å². The lowest BCUT2D eigenvalue weighted by Gasteiger charge is -2.30. The molecule has 1 aliphatic rings. The van der Waals surface area contributed by atoms with E-state index in [0.29, 0.717) is 16.6 Å². The third-order valence-electron chi connectivity index (χ3n) is 3.52. The molecule has 0 spiro atoms. The summed E-state index contributed by atoms with van der Waals surface area (Å²) in [7, 11) is 2.12. The lowest BCUT2D eigenvalue weighted by atomic mass is 9.98. The summed E-state index contributed by atoms with van der Waals surface area (Å²) in [6.45, 7) is 3.01. The van der Waals surface area contributed by atoms with E-state index >= 15 is 0 Å². The number of carbonyl (C=O) groups is 1. The van der Waals surface area contributed by atoms with Crippen LogP contribution in [-0.2, 0) is 0 Å². The lowest BCUT2D eigenvalue weighted by Crippen LogP contribution is -2.35. The van der Waals surface area contributed by atoms with Gasteiger partial charge in [0.05, 0.1) is 5.56 Å². The topological polar surface area (TPSA) is 52.6 Å². The second-order valence-corrected chi connectivity index (χ2v) is 5.58. The number of aromatic carboxylic acids is 1. The average Bonchev–Trinajstić information content (AvgIpc) is 2.37. The fraction of sp³-hybridized carbons (Fsp3) is 0.500. The third-order valence-corrected chi connectivity index (χ3v) is 3.75. The zero-order valence-corrected chi connectivity index (χ0v) is 11.8. The Hall–Kier alpha value is -1.26. The zero-order chi connectivity index (χ0) is 13.8. The molecule has 1 heterocycles. The fourth-order valence-electron chi connectivity index (χ4n) is 2.54. The molecule has 1 saturated heterocycles. The number of rotatable bonds is 4. The molecule has 5 heteroatoms. The number of benzene rings is 1. The highest BCUT2D eigenvalue weighted by molar-refractivity contribution is 6.31. The van der Waals surface area contributed by atoms with E-state index in [4.69, 9.17) is 16.7 Å². The first-order valence-corrected chi connectivity index (χ1v) is 6.89. The SMILES string of the molecule is CN1CCCC(CNc2ccc(Cl)cc2C(=O)O)C1. The highest BCUT2D eigenvalue weighted by Crippen LogP contribution is 2.22. The van der Waals surface area contributed by atoms with E-state index in [1.807, 2.05) is 0 Å². The molecule has 1 fully saturated rings. The van der Waals surface area contributed by atoms with Crippen LogP contribution in [0.15, 0.2) is 18.2 Å². The van der Waals surface area contributed by atoms with Gasteiger partial charge >= 0.3 is 5.97 Å². The Kier molecular flexibility index (Phi) is 4.66. The van der Waals surface area contributed by atoms with Crippen LogP contribution in [0.4, 0.5) is 5.69 Å². The molecule has 0 bridgehead atoms. The number of anilines is 1. The maximum Gasteiger partial charge on any atom is 0.337 e. The highest BCUT2D eigenvalue weighted by atomic mass is 35.5. The third kappa shape index (κ3) is 3.85. The number of carboxylic acids is 1. The summed E-state index contributed by atoms with van der Waals surface area (Å²) < 4.78 is 0. The molecule has 2 rings (SSSR count). The molecule has 1 aromatic carbocycles. The van der Waals surface area contributed by atoms with Crippen molar-refractivity contribution in [2.24, 2.45) is 5.92 Å². The molecule has 104 valence electrons. The molecule has 1 aromatic rings. The summed E-state index contributed by atoms with van der Waals surface area (Å²) >= 11 is 5.83. The average molecular weight is 283 g/mol. The molecular weight excluding hydrogens is 264 g/mol. The molecule has 19 heavy (non-hydrogen) atoms. The van der Waals surface area contributed by atoms with Gasteiger partial charge in [-0.05, 0) is 50.6 Å². The summed E-state index contributed by atoms with van der Waals surface area (Å²) in [5.74, 6) is -0.387. The van der Waals surface area contributed by atoms with E-state index in [9.17, 15) is 4.79 Å². The Morgan fingerprint density at radius 2 is 2.37 bits per heavy atom. The molecule has 0 aromatic heterocycles. The number of likely N-dealkylation sites (tertiary alicyclic amines) is 1. The molecule has 2 N–H and O–H groups in total. The van der Waals surface area contributed by atoms with E-state index in [1.54, 1.807) is 12.1 Å². The quantitative estimate of drug-likeness (QED) is 0.892. The minimum absolute atomic E-state index is 0.233. The minimum Gasteiger partial charge on any atom is -0.478 e. The maximum atomic E-state index is 11.2. The second-order valence-electron chi connectivity index (χ2n) is 5.15. The molecule has 0 saturated carbocycles. The second kappa shape index (κ2) is 6.26. The van der Waals surface area contributed by atoms with Crippen LogP contribution in [0.2, 0.25) is 5.02 Å². The van der Waals surface area contributed by atoms with Gasteiger partial charge in [0.1, 0.15) is 0 Å². The van der Waals surface area contributed by atoms with Crippen LogP contribution >= 0.6 is 11.6 Å². The van der Waals surface area contributed by atoms with Gasteiger partial charge in [0.2, 0.25) is 0 Å². The smallest absolute Gasteiger partial charge is 0.337 e. The van der Waals surface area contributed by atoms with Gasteiger partial charge in [0.25, 0.3) is 0 Å². The number of nitrogens with one attached hydrogen (secondary N) is 1. The monoisotopic (exact) mass is 282 g/mol. The van der Waals surface area contributed by atoms with Crippen molar-refractivity contribution in [2.75, 3.05) is 32.0 Å². The summed E-state index contributed by atoms with van der Waals surface area (Å²) in [5.41, 5.74) is 0.877. The summed E-state index contributed by atoms with van der Waals surface area (Å²) in [4.78, 5) is 13.5. The Bertz CT molecular complexity index is 465. The van der Waals surface area contributed by atoms with Gasteiger partial charge in [0.15, 0.2) is 0 Å². The summed E-state index contributed by atoms with van der Waals surface area (Å²) in [6.07, 6.45) is 2.39. The van der Waals surface area contributed by atoms with Crippen LogP contribution in [0.1, 0.15) is 23.2 Å². The van der Waals surface area contributed by atoms with Gasteiger partial charge in [-0.1, -0.05) is 11.6 Å². The van der Waals surface area contributed by atoms with Crippen LogP contribution in [0.25, 0.3) is 0 Å². The first-order chi connectivity index (χ1) is 9.06. The van der Waals surface area contributed by atoms with Crippen molar-refractivity contribution in [3.8, 4) is 0 Å². The van der Waals surface area contributed by atoms with Gasteiger partial charge < -0.3 is 15.3 Å². The maximum absolute atomic E-state index is 11.2. The molecule has 0 aliphatic carbocycles. The van der Waals surface area contributed by atoms with Crippen molar-refractivity contribution in [3.05, 3.63) is 28.8 Å². The first kappa shape index (κ1) is 14.2. The van der Waals surface area contributed by atoms with Gasteiger partial charge in [-0.25, -0.2) is 4.79 Å². The number of nitrogens with zero attached hydrogens (tertiary/aromatic N) is 1. The van der Waals surface area contributed by atoms with Gasteiger partial charge in [-0.15, -0.1) is 0 Å². The van der Waals surface area contributed by atoms with Crippen LogP contribution in [0, 0.1) is 5.92 Å². The molecule has 1 unspecified atom stereocenters. The zero-order valence-electron chi connectivity index (χ0n) is 11.0. The number of hydrogen-bond acceptors (Lipinski definition) is 3. The normalized spacial score (nSPS) is 20.2. The van der Waals surface area contributed by atoms with Crippen LogP contribution in [-0.4, -0.2) is 42.7 Å². The number of piperidine rings is 1. The van der Waals surface area contributed by atoms with Crippen molar-refractivity contribution in [2.45, 2.75) is 12.8 Å². The Morgan fingerprint density at radius 1 is 1.58 bits per heavy atom. The van der Waals surface area contributed by atoms with Crippen molar-refractivity contribution in [3.63, 3.8) is 0 Å². The standard InChI is InChI=1S/C14H19ClN2O2/c1-17-6-2-3-10(9-17)8-16-13-5-4-11(15)7-12(13)14(18)19/h4-5,7,10,16H,2-3,6,8-9H2,1H3,(H,18,19). The van der Waals surface area contributed by atoms with Crippen molar-refractivity contribution < 1.29 is 9.90 Å². The first-order valence-electron chi connectivity index (χ1n) is 6.51. The molecule has 1 atom stereocenters. The van der Waals surface area contributed by atoms with E-state index < -0.39 is 5.97 Å². The molecular formula is C14H19ClN2O2. The molecule has 0 radical (unpaired) electrons. The van der Waals surface area contributed by atoms with Gasteiger partial charge in [-0.3, -0.25) is 0 Å². The summed E-state index contributed by atoms with van der Waals surface area (Å²) in [6, 6.07) is 4.93. The van der Waals surface area contributed by atoms with E-state index in [-0.39, 0.29) is 5.56 Å². The number of hydrogen-bond donors (Lipinski definition) is 2. The Balaban J connectivity index is 2.01. The number of carboxylic acid groups (broad SMARTS) is 1. The molecule has 0 amide bonds. The van der Waals surface area contributed by atoms with E-state index in [0.717, 1.165) is 19.6 Å². The molecule has 1 aliphatic heterocycles. The Labute approximate surface area is 118 Å². The van der Waals surface area contributed by atoms with Crippen LogP contribution in [0.5, 0.6) is 0 Å². The Morgan fingerprint density at radius 3 is 3.05 bits per heavy atom. The lowest BCUT2D eigenvalue weighted by molar-refractivity contribution is 0.0698. The largest absolute Gasteiger partial charge is 0.478 e. The minimum atomic E-state index is -0.953.